The molecule has 0 aliphatic heterocycles. The molecule has 0 saturated carbocycles. The lowest BCUT2D eigenvalue weighted by Gasteiger charge is -2.18. The first-order chi connectivity index (χ1) is 20.6. The molecular weight excluding hydrogens is 577 g/mol. The Balaban J connectivity index is 3.89. The van der Waals surface area contributed by atoms with Gasteiger partial charge in [0.2, 0.25) is 5.91 Å². The van der Waals surface area contributed by atoms with Crippen molar-refractivity contribution in [2.24, 2.45) is 0 Å². The summed E-state index contributed by atoms with van der Waals surface area (Å²) in [4.78, 5) is 44.9. The summed E-state index contributed by atoms with van der Waals surface area (Å²) in [7, 11) is -4.72. The largest absolute Gasteiger partial charge is 0.480 e. The van der Waals surface area contributed by atoms with Gasteiger partial charge in [-0.25, -0.2) is 9.36 Å². The molecule has 3 unspecified atom stereocenters. The number of carbonyl (C=O) groups excluding carboxylic acids is 2. The first-order valence-electron chi connectivity index (χ1n) is 16.6. The molecule has 1 amide bonds. The molecule has 0 aromatic heterocycles. The first-order valence-corrected chi connectivity index (χ1v) is 18.1. The van der Waals surface area contributed by atoms with Crippen molar-refractivity contribution >= 4 is 25.7 Å². The summed E-state index contributed by atoms with van der Waals surface area (Å²) in [5, 5.41) is 21.4. The average molecular weight is 638 g/mol. The van der Waals surface area contributed by atoms with Crippen molar-refractivity contribution < 1.29 is 47.8 Å². The van der Waals surface area contributed by atoms with Gasteiger partial charge in [-0.3, -0.25) is 18.6 Å². The molecule has 4 N–H and O–H groups in total. The van der Waals surface area contributed by atoms with E-state index in [9.17, 15) is 34.1 Å². The van der Waals surface area contributed by atoms with E-state index in [2.05, 4.69) is 16.8 Å². The van der Waals surface area contributed by atoms with Crippen molar-refractivity contribution in [1.82, 2.24) is 5.32 Å². The van der Waals surface area contributed by atoms with E-state index in [0.717, 1.165) is 25.7 Å². The molecule has 12 heteroatoms. The van der Waals surface area contributed by atoms with Gasteiger partial charge >= 0.3 is 19.8 Å². The number of carbonyl (C=O) groups is 3. The SMILES string of the molecule is CCCCCCCCCCCCCCCCCCCC(=O)NC(COP(=O)(O)OCC(O)COC(=O)CCCC)C(=O)O. The fraction of sp³-hybridized carbons (Fsp3) is 0.903. The number of aliphatic carboxylic acids is 1. The van der Waals surface area contributed by atoms with Crippen LogP contribution in [0.5, 0.6) is 0 Å². The summed E-state index contributed by atoms with van der Waals surface area (Å²) in [6.45, 7) is 2.28. The molecular formula is C31H60NO10P. The number of aliphatic hydroxyl groups is 1. The van der Waals surface area contributed by atoms with E-state index in [4.69, 9.17) is 9.26 Å². The number of amides is 1. The highest BCUT2D eigenvalue weighted by Crippen LogP contribution is 2.43. The lowest BCUT2D eigenvalue weighted by molar-refractivity contribution is -0.147. The lowest BCUT2D eigenvalue weighted by atomic mass is 10.0. The molecule has 11 nitrogen and oxygen atoms in total. The standard InChI is InChI=1S/C31H60NO10P/c1-3-5-7-8-9-10-11-12-13-14-15-16-17-18-19-20-21-22-29(34)32-28(31(36)37)26-42-43(38,39)41-25-27(33)24-40-30(35)23-6-4-2/h27-28,33H,3-26H2,1-2H3,(H,32,34)(H,36,37)(H,38,39). The minimum Gasteiger partial charge on any atom is -0.480 e. The van der Waals surface area contributed by atoms with Crippen molar-refractivity contribution in [3.63, 3.8) is 0 Å². The van der Waals surface area contributed by atoms with Crippen molar-refractivity contribution in [2.75, 3.05) is 19.8 Å². The van der Waals surface area contributed by atoms with Gasteiger partial charge in [0.15, 0.2) is 6.04 Å². The van der Waals surface area contributed by atoms with E-state index in [1.54, 1.807) is 0 Å². The van der Waals surface area contributed by atoms with Gasteiger partial charge in [-0.15, -0.1) is 0 Å². The number of hydrogen-bond donors (Lipinski definition) is 4. The number of esters is 1. The number of nitrogens with one attached hydrogen (secondary N) is 1. The van der Waals surface area contributed by atoms with Crippen LogP contribution in [0.15, 0.2) is 0 Å². The predicted molar refractivity (Wildman–Crippen MR) is 167 cm³/mol. The highest BCUT2D eigenvalue weighted by Gasteiger charge is 2.28. The number of hydrogen-bond acceptors (Lipinski definition) is 8. The van der Waals surface area contributed by atoms with Crippen LogP contribution in [0.3, 0.4) is 0 Å². The third kappa shape index (κ3) is 27.7. The minimum absolute atomic E-state index is 0.152. The van der Waals surface area contributed by atoms with E-state index in [1.165, 1.54) is 83.5 Å². The van der Waals surface area contributed by atoms with Gasteiger partial charge in [-0.2, -0.15) is 0 Å². The molecule has 0 aliphatic carbocycles. The van der Waals surface area contributed by atoms with Crippen molar-refractivity contribution in [3.05, 3.63) is 0 Å². The summed E-state index contributed by atoms with van der Waals surface area (Å²) in [6, 6.07) is -1.54. The van der Waals surface area contributed by atoms with Gasteiger partial charge in [0.1, 0.15) is 12.7 Å². The number of rotatable bonds is 31. The topological polar surface area (TPSA) is 169 Å². The van der Waals surface area contributed by atoms with Gasteiger partial charge in [-0.05, 0) is 12.8 Å². The fourth-order valence-electron chi connectivity index (χ4n) is 4.47. The quantitative estimate of drug-likeness (QED) is 0.0359. The van der Waals surface area contributed by atoms with Gasteiger partial charge in [0.25, 0.3) is 0 Å². The van der Waals surface area contributed by atoms with Crippen LogP contribution in [0.25, 0.3) is 0 Å². The molecule has 0 bridgehead atoms. The van der Waals surface area contributed by atoms with Gasteiger partial charge in [-0.1, -0.05) is 123 Å². The number of ether oxygens (including phenoxy) is 1. The average Bonchev–Trinajstić information content (AvgIpc) is 2.97. The highest BCUT2D eigenvalue weighted by molar-refractivity contribution is 7.47. The third-order valence-electron chi connectivity index (χ3n) is 7.15. The minimum atomic E-state index is -4.72. The Morgan fingerprint density at radius 3 is 1.56 bits per heavy atom. The number of unbranched alkanes of at least 4 members (excludes halogenated alkanes) is 17. The molecule has 0 fully saturated rings. The van der Waals surface area contributed by atoms with Gasteiger partial charge in [0, 0.05) is 12.8 Å². The Morgan fingerprint density at radius 2 is 1.09 bits per heavy atom. The van der Waals surface area contributed by atoms with E-state index < -0.39 is 57.6 Å². The molecule has 0 aromatic carbocycles. The maximum atomic E-state index is 12.2. The molecule has 43 heavy (non-hydrogen) atoms. The maximum absolute atomic E-state index is 12.2. The van der Waals surface area contributed by atoms with E-state index in [0.29, 0.717) is 12.8 Å². The molecule has 0 aromatic rings. The van der Waals surface area contributed by atoms with Crippen LogP contribution in [0.2, 0.25) is 0 Å². The second-order valence-electron chi connectivity index (χ2n) is 11.4. The molecule has 0 rings (SSSR count). The van der Waals surface area contributed by atoms with Gasteiger partial charge < -0.3 is 25.2 Å². The summed E-state index contributed by atoms with van der Waals surface area (Å²) in [6.07, 6.45) is 21.3. The van der Waals surface area contributed by atoms with Crippen LogP contribution < -0.4 is 5.32 Å². The Morgan fingerprint density at radius 1 is 0.651 bits per heavy atom. The summed E-state index contributed by atoms with van der Waals surface area (Å²) in [5.41, 5.74) is 0. The van der Waals surface area contributed by atoms with Crippen molar-refractivity contribution in [3.8, 4) is 0 Å². The molecule has 0 spiro atoms. The predicted octanol–water partition coefficient (Wildman–Crippen LogP) is 6.83. The van der Waals surface area contributed by atoms with Crippen LogP contribution in [-0.2, 0) is 32.7 Å². The summed E-state index contributed by atoms with van der Waals surface area (Å²) < 4.78 is 26.2. The molecule has 0 heterocycles. The fourth-order valence-corrected chi connectivity index (χ4v) is 5.24. The van der Waals surface area contributed by atoms with Crippen LogP contribution in [0.1, 0.15) is 149 Å². The number of aliphatic hydroxyl groups excluding tert-OH is 1. The monoisotopic (exact) mass is 637 g/mol. The smallest absolute Gasteiger partial charge is 0.472 e. The lowest BCUT2D eigenvalue weighted by Crippen LogP contribution is -2.43. The zero-order valence-corrected chi connectivity index (χ0v) is 27.7. The molecule has 0 radical (unpaired) electrons. The summed E-state index contributed by atoms with van der Waals surface area (Å²) >= 11 is 0. The van der Waals surface area contributed by atoms with Crippen LogP contribution in [0.4, 0.5) is 0 Å². The Labute approximate surface area is 259 Å². The molecule has 254 valence electrons. The number of carboxylic acid groups (broad SMARTS) is 1. The van der Waals surface area contributed by atoms with Crippen LogP contribution >= 0.6 is 7.82 Å². The van der Waals surface area contributed by atoms with E-state index >= 15 is 0 Å². The second kappa shape index (κ2) is 28.0. The normalized spacial score (nSPS) is 14.1. The number of phosphoric ester groups is 1. The number of phosphoric acid groups is 1. The molecule has 0 aliphatic rings. The third-order valence-corrected chi connectivity index (χ3v) is 8.10. The Hall–Kier alpha value is -1.52. The van der Waals surface area contributed by atoms with Gasteiger partial charge in [0.05, 0.1) is 13.2 Å². The Kier molecular flexibility index (Phi) is 27.0. The zero-order chi connectivity index (χ0) is 32.2. The second-order valence-corrected chi connectivity index (χ2v) is 12.8. The highest BCUT2D eigenvalue weighted by atomic mass is 31.2. The molecule has 3 atom stereocenters. The maximum Gasteiger partial charge on any atom is 0.472 e. The van der Waals surface area contributed by atoms with Crippen molar-refractivity contribution in [1.29, 1.82) is 0 Å². The Bertz CT molecular complexity index is 767. The van der Waals surface area contributed by atoms with Crippen molar-refractivity contribution in [2.45, 2.75) is 161 Å². The van der Waals surface area contributed by atoms with Crippen LogP contribution in [0, 0.1) is 0 Å². The molecule has 0 saturated heterocycles. The first kappa shape index (κ1) is 41.5. The summed E-state index contributed by atoms with van der Waals surface area (Å²) in [5.74, 6) is -2.40. The zero-order valence-electron chi connectivity index (χ0n) is 26.8. The van der Waals surface area contributed by atoms with Crippen LogP contribution in [-0.4, -0.2) is 64.9 Å². The number of carboxylic acids is 1. The van der Waals surface area contributed by atoms with E-state index in [-0.39, 0.29) is 12.8 Å². The van der Waals surface area contributed by atoms with E-state index in [1.807, 2.05) is 6.92 Å².